The predicted molar refractivity (Wildman–Crippen MR) is 111 cm³/mol. The van der Waals surface area contributed by atoms with Crippen LogP contribution in [-0.2, 0) is 11.2 Å². The fourth-order valence-corrected chi connectivity index (χ4v) is 3.39. The zero-order chi connectivity index (χ0) is 20.8. The fraction of sp³-hybridized carbons (Fsp3) is 0.150. The van der Waals surface area contributed by atoms with E-state index in [2.05, 4.69) is 15.6 Å². The van der Waals surface area contributed by atoms with Crippen LogP contribution in [0.5, 0.6) is 5.75 Å². The maximum absolute atomic E-state index is 12.9. The average molecular weight is 434 g/mol. The van der Waals surface area contributed by atoms with Crippen molar-refractivity contribution in [2.24, 2.45) is 0 Å². The number of methoxy groups -OCH3 is 1. The minimum atomic E-state index is -0.410. The molecule has 0 fully saturated rings. The number of hydrogen-bond acceptors (Lipinski definition) is 5. The van der Waals surface area contributed by atoms with Crippen LogP contribution in [0.1, 0.15) is 22.5 Å². The molecule has 1 heterocycles. The van der Waals surface area contributed by atoms with Crippen molar-refractivity contribution < 1.29 is 18.7 Å². The van der Waals surface area contributed by atoms with E-state index in [4.69, 9.17) is 16.3 Å². The van der Waals surface area contributed by atoms with Gasteiger partial charge in [0.2, 0.25) is 5.91 Å². The van der Waals surface area contributed by atoms with Crippen molar-refractivity contribution in [1.29, 1.82) is 0 Å². The van der Waals surface area contributed by atoms with Crippen molar-refractivity contribution in [3.63, 3.8) is 0 Å². The second kappa shape index (κ2) is 9.49. The molecule has 150 valence electrons. The van der Waals surface area contributed by atoms with Crippen LogP contribution in [0.4, 0.5) is 15.2 Å². The number of hydrogen-bond donors (Lipinski definition) is 2. The van der Waals surface area contributed by atoms with Crippen molar-refractivity contribution in [2.45, 2.75) is 12.8 Å². The number of aryl methyl sites for hydroxylation is 1. The molecule has 0 aliphatic heterocycles. The summed E-state index contributed by atoms with van der Waals surface area (Å²) in [5, 5.41) is 8.09. The van der Waals surface area contributed by atoms with Crippen molar-refractivity contribution in [1.82, 2.24) is 4.98 Å². The molecule has 2 aromatic carbocycles. The first-order valence-corrected chi connectivity index (χ1v) is 9.85. The zero-order valence-corrected chi connectivity index (χ0v) is 16.9. The second-order valence-electron chi connectivity index (χ2n) is 6.00. The summed E-state index contributed by atoms with van der Waals surface area (Å²) in [6.07, 6.45) is 0.600. The molecular formula is C20H17ClFN3O3S. The fourth-order valence-electron chi connectivity index (χ4n) is 2.48. The van der Waals surface area contributed by atoms with Gasteiger partial charge in [0, 0.05) is 22.4 Å². The third-order valence-electron chi connectivity index (χ3n) is 3.92. The van der Waals surface area contributed by atoms with Crippen LogP contribution in [0.25, 0.3) is 0 Å². The maximum Gasteiger partial charge on any atom is 0.257 e. The van der Waals surface area contributed by atoms with Gasteiger partial charge in [0.15, 0.2) is 5.13 Å². The van der Waals surface area contributed by atoms with E-state index in [0.717, 1.165) is 0 Å². The van der Waals surface area contributed by atoms with Crippen LogP contribution in [0.3, 0.4) is 0 Å². The Morgan fingerprint density at radius 3 is 2.66 bits per heavy atom. The van der Waals surface area contributed by atoms with Gasteiger partial charge < -0.3 is 10.1 Å². The number of thiazole rings is 1. The number of ether oxygens (including phenoxy) is 1. The average Bonchev–Trinajstić information content (AvgIpc) is 3.14. The molecule has 1 aromatic heterocycles. The molecule has 6 nitrogen and oxygen atoms in total. The lowest BCUT2D eigenvalue weighted by Gasteiger charge is -2.10. The Labute approximate surface area is 175 Å². The summed E-state index contributed by atoms with van der Waals surface area (Å²) in [6, 6.07) is 10.2. The molecule has 0 aliphatic carbocycles. The van der Waals surface area contributed by atoms with Gasteiger partial charge >= 0.3 is 0 Å². The highest BCUT2D eigenvalue weighted by Crippen LogP contribution is 2.28. The summed E-state index contributed by atoms with van der Waals surface area (Å²) in [5.41, 5.74) is 1.51. The molecule has 0 unspecified atom stereocenters. The normalized spacial score (nSPS) is 10.4. The third-order valence-corrected chi connectivity index (χ3v) is 4.96. The maximum atomic E-state index is 12.9. The molecule has 2 N–H and O–H groups in total. The van der Waals surface area contributed by atoms with Gasteiger partial charge in [-0.2, -0.15) is 0 Å². The van der Waals surface area contributed by atoms with E-state index >= 15 is 0 Å². The van der Waals surface area contributed by atoms with Crippen molar-refractivity contribution in [3.8, 4) is 5.75 Å². The largest absolute Gasteiger partial charge is 0.495 e. The zero-order valence-electron chi connectivity index (χ0n) is 15.4. The quantitative estimate of drug-likeness (QED) is 0.562. The van der Waals surface area contributed by atoms with Crippen LogP contribution >= 0.6 is 22.9 Å². The molecule has 3 rings (SSSR count). The lowest BCUT2D eigenvalue weighted by Crippen LogP contribution is -2.13. The minimum Gasteiger partial charge on any atom is -0.495 e. The van der Waals surface area contributed by atoms with Crippen molar-refractivity contribution >= 4 is 45.6 Å². The third kappa shape index (κ3) is 5.75. The van der Waals surface area contributed by atoms with E-state index in [1.54, 1.807) is 23.6 Å². The number of nitrogens with one attached hydrogen (secondary N) is 2. The van der Waals surface area contributed by atoms with Crippen LogP contribution in [-0.4, -0.2) is 23.9 Å². The molecule has 0 saturated heterocycles. The SMILES string of the molecule is COc1ccc(Cl)cc1NC(=O)CCc1csc(NC(=O)c2ccc(F)cc2)n1. The Hall–Kier alpha value is -2.97. The summed E-state index contributed by atoms with van der Waals surface area (Å²) in [5.74, 6) is -0.485. The van der Waals surface area contributed by atoms with E-state index in [1.807, 2.05) is 0 Å². The van der Waals surface area contributed by atoms with Crippen LogP contribution < -0.4 is 15.4 Å². The van der Waals surface area contributed by atoms with Gasteiger partial charge in [0.05, 0.1) is 18.5 Å². The number of carbonyl (C=O) groups excluding carboxylic acids is 2. The van der Waals surface area contributed by atoms with Gasteiger partial charge in [-0.15, -0.1) is 11.3 Å². The Balaban J connectivity index is 1.54. The summed E-state index contributed by atoms with van der Waals surface area (Å²) in [6.45, 7) is 0. The summed E-state index contributed by atoms with van der Waals surface area (Å²) in [7, 11) is 1.51. The molecule has 0 spiro atoms. The number of amides is 2. The Bertz CT molecular complexity index is 1020. The Kier molecular flexibility index (Phi) is 6.79. The Morgan fingerprint density at radius 2 is 1.93 bits per heavy atom. The second-order valence-corrected chi connectivity index (χ2v) is 7.29. The molecule has 0 radical (unpaired) electrons. The number of carbonyl (C=O) groups is 2. The van der Waals surface area contributed by atoms with Gasteiger partial charge in [0.1, 0.15) is 11.6 Å². The first-order chi connectivity index (χ1) is 13.9. The number of halogens is 2. The number of anilines is 2. The van der Waals surface area contributed by atoms with Gasteiger partial charge in [-0.3, -0.25) is 14.9 Å². The highest BCUT2D eigenvalue weighted by atomic mass is 35.5. The van der Waals surface area contributed by atoms with Gasteiger partial charge in [-0.05, 0) is 48.9 Å². The molecule has 3 aromatic rings. The Morgan fingerprint density at radius 1 is 1.17 bits per heavy atom. The standard InChI is InChI=1S/C20H17ClFN3O3S/c1-28-17-8-4-13(21)10-16(17)24-18(26)9-7-15-11-29-20(23-15)25-19(27)12-2-5-14(22)6-3-12/h2-6,8,10-11H,7,9H2,1H3,(H,24,26)(H,23,25,27). The van der Waals surface area contributed by atoms with E-state index in [1.165, 1.54) is 42.7 Å². The highest BCUT2D eigenvalue weighted by molar-refractivity contribution is 7.14. The minimum absolute atomic E-state index is 0.199. The van der Waals surface area contributed by atoms with Gasteiger partial charge in [0.25, 0.3) is 5.91 Å². The molecule has 0 aliphatic rings. The molecule has 0 atom stereocenters. The lowest BCUT2D eigenvalue weighted by molar-refractivity contribution is -0.116. The van der Waals surface area contributed by atoms with Crippen LogP contribution in [0, 0.1) is 5.82 Å². The smallest absolute Gasteiger partial charge is 0.257 e. The van der Waals surface area contributed by atoms with E-state index in [-0.39, 0.29) is 18.2 Å². The summed E-state index contributed by atoms with van der Waals surface area (Å²) >= 11 is 7.21. The van der Waals surface area contributed by atoms with Gasteiger partial charge in [-0.25, -0.2) is 9.37 Å². The summed E-state index contributed by atoms with van der Waals surface area (Å²) < 4.78 is 18.1. The van der Waals surface area contributed by atoms with E-state index in [0.29, 0.717) is 39.3 Å². The van der Waals surface area contributed by atoms with E-state index < -0.39 is 5.82 Å². The molecule has 0 saturated carbocycles. The first-order valence-electron chi connectivity index (χ1n) is 8.59. The topological polar surface area (TPSA) is 80.3 Å². The highest BCUT2D eigenvalue weighted by Gasteiger charge is 2.12. The first kappa shape index (κ1) is 20.8. The predicted octanol–water partition coefficient (Wildman–Crippen LogP) is 4.77. The molecule has 29 heavy (non-hydrogen) atoms. The summed E-state index contributed by atoms with van der Waals surface area (Å²) in [4.78, 5) is 28.7. The van der Waals surface area contributed by atoms with Crippen LogP contribution in [0.15, 0.2) is 47.8 Å². The number of rotatable bonds is 7. The van der Waals surface area contributed by atoms with Crippen molar-refractivity contribution in [2.75, 3.05) is 17.7 Å². The lowest BCUT2D eigenvalue weighted by atomic mass is 10.2. The monoisotopic (exact) mass is 433 g/mol. The number of nitrogens with zero attached hydrogens (tertiary/aromatic N) is 1. The molecule has 0 bridgehead atoms. The van der Waals surface area contributed by atoms with E-state index in [9.17, 15) is 14.0 Å². The molecule has 2 amide bonds. The van der Waals surface area contributed by atoms with Gasteiger partial charge in [-0.1, -0.05) is 11.6 Å². The van der Waals surface area contributed by atoms with Crippen molar-refractivity contribution in [3.05, 3.63) is 69.9 Å². The molecule has 9 heteroatoms. The number of aromatic nitrogens is 1. The molecular weight excluding hydrogens is 417 g/mol. The van der Waals surface area contributed by atoms with Crippen LogP contribution in [0.2, 0.25) is 5.02 Å². The number of benzene rings is 2.